The molecule has 1 aliphatic rings. The van der Waals surface area contributed by atoms with Crippen LogP contribution in [-0.2, 0) is 23.7 Å². The highest BCUT2D eigenvalue weighted by Gasteiger charge is 2.39. The molecule has 1 rings (SSSR count). The van der Waals surface area contributed by atoms with Gasteiger partial charge in [-0.1, -0.05) is 0 Å². The van der Waals surface area contributed by atoms with Crippen LogP contribution < -0.4 is 5.73 Å². The molecule has 0 spiro atoms. The van der Waals surface area contributed by atoms with Gasteiger partial charge in [-0.15, -0.1) is 0 Å². The second-order valence-electron chi connectivity index (χ2n) is 4.23. The molecular formula is C12H25NO5. The lowest BCUT2D eigenvalue weighted by atomic mass is 9.86. The summed E-state index contributed by atoms with van der Waals surface area (Å²) >= 11 is 0. The van der Waals surface area contributed by atoms with Crippen LogP contribution in [0.4, 0.5) is 0 Å². The van der Waals surface area contributed by atoms with E-state index in [1.807, 2.05) is 0 Å². The van der Waals surface area contributed by atoms with Crippen molar-refractivity contribution in [1.29, 1.82) is 0 Å². The number of rotatable bonds is 11. The molecule has 0 bridgehead atoms. The van der Waals surface area contributed by atoms with Gasteiger partial charge in [-0.3, -0.25) is 0 Å². The van der Waals surface area contributed by atoms with Crippen molar-refractivity contribution in [3.05, 3.63) is 0 Å². The molecule has 108 valence electrons. The predicted molar refractivity (Wildman–Crippen MR) is 66.6 cm³/mol. The van der Waals surface area contributed by atoms with Gasteiger partial charge in [-0.2, -0.15) is 0 Å². The van der Waals surface area contributed by atoms with Gasteiger partial charge in [0.2, 0.25) is 0 Å². The lowest BCUT2D eigenvalue weighted by Gasteiger charge is -2.40. The first kappa shape index (κ1) is 15.8. The van der Waals surface area contributed by atoms with E-state index in [9.17, 15) is 0 Å². The van der Waals surface area contributed by atoms with Gasteiger partial charge in [0, 0.05) is 20.3 Å². The molecule has 0 aromatic carbocycles. The van der Waals surface area contributed by atoms with Crippen LogP contribution in [0.25, 0.3) is 0 Å². The van der Waals surface area contributed by atoms with Gasteiger partial charge in [-0.05, 0) is 6.42 Å². The summed E-state index contributed by atoms with van der Waals surface area (Å²) in [6.07, 6.45) is 1.01. The minimum atomic E-state index is 0.0300. The molecule has 0 radical (unpaired) electrons. The number of nitrogens with two attached hydrogens (primary N) is 1. The third-order valence-corrected chi connectivity index (χ3v) is 2.93. The van der Waals surface area contributed by atoms with Gasteiger partial charge in [0.05, 0.1) is 51.8 Å². The monoisotopic (exact) mass is 263 g/mol. The van der Waals surface area contributed by atoms with E-state index >= 15 is 0 Å². The van der Waals surface area contributed by atoms with E-state index in [0.717, 1.165) is 6.42 Å². The van der Waals surface area contributed by atoms with E-state index in [4.69, 9.17) is 29.4 Å². The quantitative estimate of drug-likeness (QED) is 0.520. The molecule has 18 heavy (non-hydrogen) atoms. The summed E-state index contributed by atoms with van der Waals surface area (Å²) in [6, 6.07) is 0.107. The van der Waals surface area contributed by atoms with Crippen LogP contribution in [0, 0.1) is 0 Å². The van der Waals surface area contributed by atoms with Gasteiger partial charge in [0.15, 0.2) is 0 Å². The Morgan fingerprint density at radius 3 is 2.11 bits per heavy atom. The van der Waals surface area contributed by atoms with Crippen molar-refractivity contribution in [2.75, 3.05) is 53.9 Å². The van der Waals surface area contributed by atoms with E-state index in [1.165, 1.54) is 0 Å². The average molecular weight is 263 g/mol. The first-order chi connectivity index (χ1) is 8.79. The smallest absolute Gasteiger partial charge is 0.0984 e. The zero-order chi connectivity index (χ0) is 13.2. The van der Waals surface area contributed by atoms with Crippen molar-refractivity contribution in [2.24, 2.45) is 5.73 Å². The second kappa shape index (κ2) is 9.66. The van der Waals surface area contributed by atoms with Crippen LogP contribution in [0.5, 0.6) is 0 Å². The summed E-state index contributed by atoms with van der Waals surface area (Å²) in [6.45, 7) is 3.50. The summed E-state index contributed by atoms with van der Waals surface area (Å²) in [7, 11) is 3.31. The molecule has 6 nitrogen and oxygen atoms in total. The standard InChI is InChI=1S/C12H25NO5/c1-14-3-4-16-5-6-17-7-8-18-11-9-10(13)12(11)15-2/h10-12H,3-9,13H2,1-2H3. The number of hydrogen-bond acceptors (Lipinski definition) is 6. The molecule has 0 saturated heterocycles. The van der Waals surface area contributed by atoms with Crippen molar-refractivity contribution < 1.29 is 23.7 Å². The fraction of sp³-hybridized carbons (Fsp3) is 1.00. The van der Waals surface area contributed by atoms with Gasteiger partial charge >= 0.3 is 0 Å². The van der Waals surface area contributed by atoms with E-state index in [-0.39, 0.29) is 18.2 Å². The summed E-state index contributed by atoms with van der Waals surface area (Å²) in [4.78, 5) is 0. The van der Waals surface area contributed by atoms with E-state index in [1.54, 1.807) is 14.2 Å². The van der Waals surface area contributed by atoms with Crippen molar-refractivity contribution in [3.63, 3.8) is 0 Å². The summed E-state index contributed by atoms with van der Waals surface area (Å²) in [5.74, 6) is 0. The summed E-state index contributed by atoms with van der Waals surface area (Å²) < 4.78 is 26.3. The van der Waals surface area contributed by atoms with Crippen LogP contribution in [0.3, 0.4) is 0 Å². The fourth-order valence-electron chi connectivity index (χ4n) is 1.83. The maximum Gasteiger partial charge on any atom is 0.0984 e. The van der Waals surface area contributed by atoms with Crippen LogP contribution in [0.1, 0.15) is 6.42 Å². The Bertz CT molecular complexity index is 205. The highest BCUT2D eigenvalue weighted by molar-refractivity contribution is 4.94. The molecule has 1 saturated carbocycles. The first-order valence-electron chi connectivity index (χ1n) is 6.34. The van der Waals surface area contributed by atoms with Crippen molar-refractivity contribution in [2.45, 2.75) is 24.7 Å². The molecule has 3 unspecified atom stereocenters. The van der Waals surface area contributed by atoms with Gasteiger partial charge in [0.1, 0.15) is 0 Å². The third-order valence-electron chi connectivity index (χ3n) is 2.93. The molecule has 0 aromatic rings. The maximum atomic E-state index is 5.77. The topological polar surface area (TPSA) is 72.2 Å². The Morgan fingerprint density at radius 1 is 0.944 bits per heavy atom. The van der Waals surface area contributed by atoms with Gasteiger partial charge in [-0.25, -0.2) is 0 Å². The SMILES string of the molecule is COCCOCCOCCOC1CC(N)C1OC. The minimum Gasteiger partial charge on any atom is -0.382 e. The van der Waals surface area contributed by atoms with Gasteiger partial charge in [0.25, 0.3) is 0 Å². The van der Waals surface area contributed by atoms with Crippen LogP contribution >= 0.6 is 0 Å². The molecular weight excluding hydrogens is 238 g/mol. The van der Waals surface area contributed by atoms with E-state index < -0.39 is 0 Å². The Balaban J connectivity index is 1.82. The Hall–Kier alpha value is -0.240. The van der Waals surface area contributed by atoms with Crippen LogP contribution in [0.2, 0.25) is 0 Å². The molecule has 1 fully saturated rings. The summed E-state index contributed by atoms with van der Waals surface area (Å²) in [5, 5.41) is 0. The van der Waals surface area contributed by atoms with Crippen molar-refractivity contribution >= 4 is 0 Å². The fourth-order valence-corrected chi connectivity index (χ4v) is 1.83. The molecule has 3 atom stereocenters. The minimum absolute atomic E-state index is 0.0300. The maximum absolute atomic E-state index is 5.77. The average Bonchev–Trinajstić information content (AvgIpc) is 2.35. The molecule has 0 aromatic heterocycles. The van der Waals surface area contributed by atoms with Crippen molar-refractivity contribution in [3.8, 4) is 0 Å². The second-order valence-corrected chi connectivity index (χ2v) is 4.23. The third kappa shape index (κ3) is 5.60. The Morgan fingerprint density at radius 2 is 1.56 bits per heavy atom. The molecule has 2 N–H and O–H groups in total. The van der Waals surface area contributed by atoms with Crippen LogP contribution in [0.15, 0.2) is 0 Å². The van der Waals surface area contributed by atoms with E-state index in [0.29, 0.717) is 39.6 Å². The van der Waals surface area contributed by atoms with Crippen LogP contribution in [-0.4, -0.2) is 72.1 Å². The normalized spacial score (nSPS) is 27.2. The molecule has 6 heteroatoms. The number of ether oxygens (including phenoxy) is 5. The highest BCUT2D eigenvalue weighted by atomic mass is 16.6. The zero-order valence-corrected chi connectivity index (χ0v) is 11.3. The highest BCUT2D eigenvalue weighted by Crippen LogP contribution is 2.24. The lowest BCUT2D eigenvalue weighted by Crippen LogP contribution is -2.57. The molecule has 0 heterocycles. The lowest BCUT2D eigenvalue weighted by molar-refractivity contribution is -0.134. The number of methoxy groups -OCH3 is 2. The predicted octanol–water partition coefficient (Wildman–Crippen LogP) is -0.203. The largest absolute Gasteiger partial charge is 0.382 e. The zero-order valence-electron chi connectivity index (χ0n) is 11.3. The Kier molecular flexibility index (Phi) is 8.49. The molecule has 0 amide bonds. The molecule has 1 aliphatic carbocycles. The Labute approximate surface area is 109 Å². The summed E-state index contributed by atoms with van der Waals surface area (Å²) in [5.41, 5.74) is 5.77. The first-order valence-corrected chi connectivity index (χ1v) is 6.34. The van der Waals surface area contributed by atoms with Gasteiger partial charge < -0.3 is 29.4 Å². The molecule has 0 aliphatic heterocycles. The van der Waals surface area contributed by atoms with Crippen molar-refractivity contribution in [1.82, 2.24) is 0 Å². The number of hydrogen-bond donors (Lipinski definition) is 1. The van der Waals surface area contributed by atoms with E-state index in [2.05, 4.69) is 0 Å².